The molecule has 0 aromatic carbocycles. The molecule has 0 aliphatic carbocycles. The zero-order chi connectivity index (χ0) is 8.69. The van der Waals surface area contributed by atoms with Gasteiger partial charge in [-0.15, -0.1) is 18.3 Å². The Balaban J connectivity index is 3.62. The Bertz CT molecular complexity index is 143. The predicted octanol–water partition coefficient (Wildman–Crippen LogP) is 2.74. The molecule has 0 saturated heterocycles. The standard InChI is InChI=1S/C8H15NOS/c1-4-5-6-11-8(9-10)7(2)3/h4,7,10H,1,5-6H2,2-3H3. The van der Waals surface area contributed by atoms with Crippen molar-refractivity contribution in [3.63, 3.8) is 0 Å². The van der Waals surface area contributed by atoms with Crippen molar-refractivity contribution in [2.24, 2.45) is 11.1 Å². The molecule has 0 saturated carbocycles. The SMILES string of the molecule is C=CCCSC(=NO)C(C)C. The van der Waals surface area contributed by atoms with E-state index in [0.29, 0.717) is 5.92 Å². The molecule has 0 heterocycles. The van der Waals surface area contributed by atoms with E-state index in [0.717, 1.165) is 17.2 Å². The Labute approximate surface area is 72.4 Å². The van der Waals surface area contributed by atoms with E-state index in [-0.39, 0.29) is 0 Å². The molecule has 0 rings (SSSR count). The van der Waals surface area contributed by atoms with Gasteiger partial charge in [-0.05, 0) is 6.42 Å². The van der Waals surface area contributed by atoms with Gasteiger partial charge in [0.2, 0.25) is 0 Å². The van der Waals surface area contributed by atoms with Crippen LogP contribution < -0.4 is 0 Å². The molecular weight excluding hydrogens is 158 g/mol. The Hall–Kier alpha value is -0.440. The molecule has 0 unspecified atom stereocenters. The lowest BCUT2D eigenvalue weighted by atomic mass is 10.2. The molecule has 0 aliphatic heterocycles. The van der Waals surface area contributed by atoms with Gasteiger partial charge in [0.15, 0.2) is 0 Å². The van der Waals surface area contributed by atoms with E-state index in [9.17, 15) is 0 Å². The van der Waals surface area contributed by atoms with Gasteiger partial charge in [-0.1, -0.05) is 25.1 Å². The number of nitrogens with zero attached hydrogens (tertiary/aromatic N) is 1. The summed E-state index contributed by atoms with van der Waals surface area (Å²) in [6.07, 6.45) is 2.82. The van der Waals surface area contributed by atoms with Crippen molar-refractivity contribution < 1.29 is 5.21 Å². The fraction of sp³-hybridized carbons (Fsp3) is 0.625. The molecule has 0 aromatic rings. The van der Waals surface area contributed by atoms with Crippen LogP contribution in [0.1, 0.15) is 20.3 Å². The molecule has 0 fully saturated rings. The molecule has 0 aromatic heterocycles. The average Bonchev–Trinajstić information content (AvgIpc) is 1.97. The van der Waals surface area contributed by atoms with Crippen LogP contribution in [0.2, 0.25) is 0 Å². The summed E-state index contributed by atoms with van der Waals surface area (Å²) < 4.78 is 0. The van der Waals surface area contributed by atoms with Gasteiger partial charge < -0.3 is 5.21 Å². The molecule has 0 atom stereocenters. The normalized spacial score (nSPS) is 12.1. The van der Waals surface area contributed by atoms with E-state index in [1.165, 1.54) is 0 Å². The van der Waals surface area contributed by atoms with Crippen molar-refractivity contribution in [1.82, 2.24) is 0 Å². The molecule has 0 radical (unpaired) electrons. The number of rotatable bonds is 4. The van der Waals surface area contributed by atoms with Gasteiger partial charge in [-0.3, -0.25) is 0 Å². The molecule has 0 spiro atoms. The van der Waals surface area contributed by atoms with Gasteiger partial charge >= 0.3 is 0 Å². The van der Waals surface area contributed by atoms with Crippen LogP contribution in [0.25, 0.3) is 0 Å². The highest BCUT2D eigenvalue weighted by Gasteiger charge is 2.04. The highest BCUT2D eigenvalue weighted by molar-refractivity contribution is 8.13. The van der Waals surface area contributed by atoms with Gasteiger partial charge in [-0.25, -0.2) is 0 Å². The molecule has 2 nitrogen and oxygen atoms in total. The minimum absolute atomic E-state index is 0.315. The van der Waals surface area contributed by atoms with Crippen LogP contribution in [0, 0.1) is 5.92 Å². The summed E-state index contributed by atoms with van der Waals surface area (Å²) in [6, 6.07) is 0. The second-order valence-electron chi connectivity index (χ2n) is 2.52. The third-order valence-electron chi connectivity index (χ3n) is 1.16. The Morgan fingerprint density at radius 1 is 1.73 bits per heavy atom. The smallest absolute Gasteiger partial charge is 0.115 e. The molecule has 1 N–H and O–H groups in total. The second-order valence-corrected chi connectivity index (χ2v) is 3.63. The number of allylic oxidation sites excluding steroid dienone is 1. The summed E-state index contributed by atoms with van der Waals surface area (Å²) in [5, 5.41) is 12.5. The summed E-state index contributed by atoms with van der Waals surface area (Å²) in [6.45, 7) is 7.63. The Morgan fingerprint density at radius 3 is 2.73 bits per heavy atom. The number of oxime groups is 1. The summed E-state index contributed by atoms with van der Waals surface area (Å²) in [7, 11) is 0. The van der Waals surface area contributed by atoms with Crippen LogP contribution in [0.5, 0.6) is 0 Å². The molecule has 3 heteroatoms. The van der Waals surface area contributed by atoms with Crippen LogP contribution in [-0.4, -0.2) is 16.0 Å². The lowest BCUT2D eigenvalue weighted by Gasteiger charge is -2.05. The zero-order valence-corrected chi connectivity index (χ0v) is 7.90. The van der Waals surface area contributed by atoms with Crippen molar-refractivity contribution in [2.45, 2.75) is 20.3 Å². The lowest BCUT2D eigenvalue weighted by molar-refractivity contribution is 0.318. The highest BCUT2D eigenvalue weighted by atomic mass is 32.2. The van der Waals surface area contributed by atoms with Crippen molar-refractivity contribution in [3.05, 3.63) is 12.7 Å². The Kier molecular flexibility index (Phi) is 6.03. The zero-order valence-electron chi connectivity index (χ0n) is 7.08. The number of hydrogen-bond donors (Lipinski definition) is 1. The molecule has 0 bridgehead atoms. The third kappa shape index (κ3) is 4.90. The average molecular weight is 173 g/mol. The first-order valence-electron chi connectivity index (χ1n) is 3.68. The summed E-state index contributed by atoms with van der Waals surface area (Å²) in [4.78, 5) is 0. The summed E-state index contributed by atoms with van der Waals surface area (Å²) in [5.74, 6) is 1.26. The fourth-order valence-electron chi connectivity index (χ4n) is 0.558. The van der Waals surface area contributed by atoms with Crippen molar-refractivity contribution in [3.8, 4) is 0 Å². The maximum Gasteiger partial charge on any atom is 0.115 e. The summed E-state index contributed by atoms with van der Waals surface area (Å²) in [5.41, 5.74) is 0. The Morgan fingerprint density at radius 2 is 2.36 bits per heavy atom. The predicted molar refractivity (Wildman–Crippen MR) is 51.3 cm³/mol. The van der Waals surface area contributed by atoms with Gasteiger partial charge in [0.05, 0.1) is 0 Å². The number of hydrogen-bond acceptors (Lipinski definition) is 3. The number of thioether (sulfide) groups is 1. The van der Waals surface area contributed by atoms with E-state index in [4.69, 9.17) is 5.21 Å². The lowest BCUT2D eigenvalue weighted by Crippen LogP contribution is -2.03. The molecule has 64 valence electrons. The monoisotopic (exact) mass is 173 g/mol. The fourth-order valence-corrected chi connectivity index (χ4v) is 1.44. The summed E-state index contributed by atoms with van der Waals surface area (Å²) >= 11 is 1.58. The van der Waals surface area contributed by atoms with E-state index in [2.05, 4.69) is 11.7 Å². The topological polar surface area (TPSA) is 32.6 Å². The van der Waals surface area contributed by atoms with Gasteiger partial charge in [0.1, 0.15) is 5.04 Å². The minimum Gasteiger partial charge on any atom is -0.410 e. The van der Waals surface area contributed by atoms with Gasteiger partial charge in [0, 0.05) is 11.7 Å². The van der Waals surface area contributed by atoms with E-state index in [1.807, 2.05) is 19.9 Å². The van der Waals surface area contributed by atoms with Crippen molar-refractivity contribution in [2.75, 3.05) is 5.75 Å². The van der Waals surface area contributed by atoms with Gasteiger partial charge in [0.25, 0.3) is 0 Å². The quantitative estimate of drug-likeness (QED) is 0.177. The minimum atomic E-state index is 0.315. The third-order valence-corrected chi connectivity index (χ3v) is 2.45. The van der Waals surface area contributed by atoms with Crippen LogP contribution in [0.15, 0.2) is 17.8 Å². The molecule has 0 amide bonds. The van der Waals surface area contributed by atoms with Crippen LogP contribution in [0.3, 0.4) is 0 Å². The molecule has 0 aliphatic rings. The van der Waals surface area contributed by atoms with E-state index >= 15 is 0 Å². The van der Waals surface area contributed by atoms with Crippen LogP contribution in [-0.2, 0) is 0 Å². The highest BCUT2D eigenvalue weighted by Crippen LogP contribution is 2.13. The molecule has 11 heavy (non-hydrogen) atoms. The van der Waals surface area contributed by atoms with Crippen LogP contribution >= 0.6 is 11.8 Å². The van der Waals surface area contributed by atoms with Crippen molar-refractivity contribution >= 4 is 16.8 Å². The van der Waals surface area contributed by atoms with E-state index < -0.39 is 0 Å². The maximum atomic E-state index is 8.54. The van der Waals surface area contributed by atoms with Crippen molar-refractivity contribution in [1.29, 1.82) is 0 Å². The second kappa shape index (κ2) is 6.28. The van der Waals surface area contributed by atoms with Crippen LogP contribution in [0.4, 0.5) is 0 Å². The molecular formula is C8H15NOS. The first-order chi connectivity index (χ1) is 5.22. The van der Waals surface area contributed by atoms with E-state index in [1.54, 1.807) is 11.8 Å². The largest absolute Gasteiger partial charge is 0.410 e. The first-order valence-corrected chi connectivity index (χ1v) is 4.66. The maximum absolute atomic E-state index is 8.54. The van der Waals surface area contributed by atoms with Gasteiger partial charge in [-0.2, -0.15) is 0 Å². The first kappa shape index (κ1) is 10.6.